The Hall–Kier alpha value is -2.61. The third-order valence-electron chi connectivity index (χ3n) is 3.25. The highest BCUT2D eigenvalue weighted by Crippen LogP contribution is 2.17. The molecule has 2 aromatic rings. The van der Waals surface area contributed by atoms with Crippen molar-refractivity contribution in [3.05, 3.63) is 71.3 Å². The monoisotopic (exact) mass is 308 g/mol. The van der Waals surface area contributed by atoms with Gasteiger partial charge in [-0.25, -0.2) is 0 Å². The number of nitrogens with one attached hydrogen (secondary N) is 1. The number of hydrogen-bond acceptors (Lipinski definition) is 4. The summed E-state index contributed by atoms with van der Waals surface area (Å²) in [5, 5.41) is 20.9. The summed E-state index contributed by atoms with van der Waals surface area (Å²) in [6.45, 7) is 1.73. The maximum atomic E-state index is 8.84. The van der Waals surface area contributed by atoms with Crippen molar-refractivity contribution in [2.24, 2.45) is 0 Å². The summed E-state index contributed by atoms with van der Waals surface area (Å²) in [5.74, 6) is 0.796. The Kier molecular flexibility index (Phi) is 6.86. The SMILES string of the molecule is N#Cc1ccc(/C=C/CNCc2ccccc2OCCO)cc1. The van der Waals surface area contributed by atoms with Crippen molar-refractivity contribution < 1.29 is 9.84 Å². The Morgan fingerprint density at radius 1 is 1.13 bits per heavy atom. The molecule has 4 heteroatoms. The first-order valence-corrected chi connectivity index (χ1v) is 7.52. The summed E-state index contributed by atoms with van der Waals surface area (Å²) in [7, 11) is 0. The van der Waals surface area contributed by atoms with Gasteiger partial charge >= 0.3 is 0 Å². The van der Waals surface area contributed by atoms with Gasteiger partial charge in [-0.2, -0.15) is 5.26 Å². The van der Waals surface area contributed by atoms with Crippen molar-refractivity contribution in [3.63, 3.8) is 0 Å². The van der Waals surface area contributed by atoms with E-state index in [4.69, 9.17) is 15.1 Å². The Bertz CT molecular complexity index is 673. The number of benzene rings is 2. The second-order valence-electron chi connectivity index (χ2n) is 4.95. The molecule has 118 valence electrons. The highest BCUT2D eigenvalue weighted by atomic mass is 16.5. The Labute approximate surface area is 136 Å². The first-order chi connectivity index (χ1) is 11.3. The molecule has 0 unspecified atom stereocenters. The maximum Gasteiger partial charge on any atom is 0.123 e. The molecule has 0 saturated heterocycles. The summed E-state index contributed by atoms with van der Waals surface area (Å²) >= 11 is 0. The van der Waals surface area contributed by atoms with Crippen LogP contribution in [0, 0.1) is 11.3 Å². The molecule has 0 aromatic heterocycles. The molecule has 23 heavy (non-hydrogen) atoms. The van der Waals surface area contributed by atoms with E-state index in [0.717, 1.165) is 23.4 Å². The van der Waals surface area contributed by atoms with Crippen molar-refractivity contribution in [3.8, 4) is 11.8 Å². The minimum absolute atomic E-state index is 0.00902. The van der Waals surface area contributed by atoms with Gasteiger partial charge in [-0.05, 0) is 23.8 Å². The van der Waals surface area contributed by atoms with Crippen LogP contribution in [0.1, 0.15) is 16.7 Å². The second kappa shape index (κ2) is 9.42. The van der Waals surface area contributed by atoms with E-state index in [2.05, 4.69) is 11.4 Å². The first-order valence-electron chi connectivity index (χ1n) is 7.52. The molecule has 0 amide bonds. The maximum absolute atomic E-state index is 8.84. The van der Waals surface area contributed by atoms with Gasteiger partial charge in [0, 0.05) is 18.7 Å². The lowest BCUT2D eigenvalue weighted by Gasteiger charge is -2.10. The Morgan fingerprint density at radius 3 is 2.65 bits per heavy atom. The lowest BCUT2D eigenvalue weighted by atomic mass is 10.1. The fourth-order valence-corrected chi connectivity index (χ4v) is 2.10. The molecule has 0 radical (unpaired) electrons. The van der Waals surface area contributed by atoms with Crippen LogP contribution in [0.2, 0.25) is 0 Å². The summed E-state index contributed by atoms with van der Waals surface area (Å²) in [6, 6.07) is 17.4. The molecule has 0 aliphatic carbocycles. The summed E-state index contributed by atoms with van der Waals surface area (Å²) in [5.41, 5.74) is 2.80. The number of para-hydroxylation sites is 1. The predicted molar refractivity (Wildman–Crippen MR) is 90.9 cm³/mol. The quantitative estimate of drug-likeness (QED) is 0.736. The Balaban J connectivity index is 1.81. The van der Waals surface area contributed by atoms with E-state index in [0.29, 0.717) is 18.7 Å². The third-order valence-corrected chi connectivity index (χ3v) is 3.25. The van der Waals surface area contributed by atoms with E-state index in [-0.39, 0.29) is 6.61 Å². The molecule has 2 aromatic carbocycles. The minimum Gasteiger partial charge on any atom is -0.491 e. The topological polar surface area (TPSA) is 65.3 Å². The molecule has 0 aliphatic heterocycles. The van der Waals surface area contributed by atoms with Crippen LogP contribution in [0.5, 0.6) is 5.75 Å². The van der Waals surface area contributed by atoms with Gasteiger partial charge < -0.3 is 15.2 Å². The van der Waals surface area contributed by atoms with Crippen LogP contribution >= 0.6 is 0 Å². The van der Waals surface area contributed by atoms with Crippen molar-refractivity contribution in [2.45, 2.75) is 6.54 Å². The molecule has 0 aliphatic rings. The lowest BCUT2D eigenvalue weighted by Crippen LogP contribution is -2.14. The van der Waals surface area contributed by atoms with Gasteiger partial charge in [0.05, 0.1) is 18.2 Å². The van der Waals surface area contributed by atoms with E-state index < -0.39 is 0 Å². The van der Waals surface area contributed by atoms with E-state index in [1.165, 1.54) is 0 Å². The van der Waals surface area contributed by atoms with Crippen LogP contribution in [0.25, 0.3) is 6.08 Å². The smallest absolute Gasteiger partial charge is 0.123 e. The Morgan fingerprint density at radius 2 is 1.91 bits per heavy atom. The molecule has 2 rings (SSSR count). The number of nitrogens with zero attached hydrogens (tertiary/aromatic N) is 1. The van der Waals surface area contributed by atoms with Gasteiger partial charge in [-0.15, -0.1) is 0 Å². The normalized spacial score (nSPS) is 10.6. The van der Waals surface area contributed by atoms with E-state index in [9.17, 15) is 0 Å². The van der Waals surface area contributed by atoms with Crippen LogP contribution in [0.15, 0.2) is 54.6 Å². The van der Waals surface area contributed by atoms with Crippen molar-refractivity contribution in [2.75, 3.05) is 19.8 Å². The van der Waals surface area contributed by atoms with Gasteiger partial charge in [-0.1, -0.05) is 42.5 Å². The first kappa shape index (κ1) is 16.8. The fraction of sp³-hybridized carbons (Fsp3) is 0.211. The molecule has 0 heterocycles. The number of nitriles is 1. The van der Waals surface area contributed by atoms with Crippen LogP contribution < -0.4 is 10.1 Å². The van der Waals surface area contributed by atoms with Crippen molar-refractivity contribution in [1.29, 1.82) is 5.26 Å². The zero-order valence-electron chi connectivity index (χ0n) is 12.9. The van der Waals surface area contributed by atoms with Gasteiger partial charge in [0.15, 0.2) is 0 Å². The summed E-state index contributed by atoms with van der Waals surface area (Å²) in [6.07, 6.45) is 4.06. The molecule has 2 N–H and O–H groups in total. The molecule has 0 fully saturated rings. The van der Waals surface area contributed by atoms with Crippen molar-refractivity contribution in [1.82, 2.24) is 5.32 Å². The highest BCUT2D eigenvalue weighted by Gasteiger charge is 2.01. The van der Waals surface area contributed by atoms with Gasteiger partial charge in [0.25, 0.3) is 0 Å². The molecule has 0 spiro atoms. The van der Waals surface area contributed by atoms with Crippen LogP contribution in [0.4, 0.5) is 0 Å². The van der Waals surface area contributed by atoms with E-state index in [1.54, 1.807) is 0 Å². The number of ether oxygens (including phenoxy) is 1. The summed E-state index contributed by atoms with van der Waals surface area (Å²) < 4.78 is 5.50. The second-order valence-corrected chi connectivity index (χ2v) is 4.95. The third kappa shape index (κ3) is 5.59. The zero-order chi connectivity index (χ0) is 16.3. The lowest BCUT2D eigenvalue weighted by molar-refractivity contribution is 0.200. The highest BCUT2D eigenvalue weighted by molar-refractivity contribution is 5.51. The van der Waals surface area contributed by atoms with Gasteiger partial charge in [0.2, 0.25) is 0 Å². The van der Waals surface area contributed by atoms with E-state index in [1.807, 2.05) is 60.7 Å². The number of aliphatic hydroxyl groups excluding tert-OH is 1. The van der Waals surface area contributed by atoms with Gasteiger partial charge in [-0.3, -0.25) is 0 Å². The average molecular weight is 308 g/mol. The molecule has 0 bridgehead atoms. The largest absolute Gasteiger partial charge is 0.491 e. The number of hydrogen-bond donors (Lipinski definition) is 2. The molecule has 0 saturated carbocycles. The van der Waals surface area contributed by atoms with Crippen LogP contribution in [0.3, 0.4) is 0 Å². The standard InChI is InChI=1S/C19H20N2O2/c20-14-17-9-7-16(8-10-17)4-3-11-21-15-18-5-1-2-6-19(18)23-13-12-22/h1-10,21-22H,11-13,15H2/b4-3+. The zero-order valence-corrected chi connectivity index (χ0v) is 12.9. The molecular weight excluding hydrogens is 288 g/mol. The van der Waals surface area contributed by atoms with E-state index >= 15 is 0 Å². The van der Waals surface area contributed by atoms with Crippen molar-refractivity contribution >= 4 is 6.08 Å². The molecule has 0 atom stereocenters. The van der Waals surface area contributed by atoms with Crippen LogP contribution in [-0.2, 0) is 6.54 Å². The number of rotatable bonds is 8. The molecular formula is C19H20N2O2. The van der Waals surface area contributed by atoms with Crippen LogP contribution in [-0.4, -0.2) is 24.9 Å². The minimum atomic E-state index is 0.00902. The molecule has 4 nitrogen and oxygen atoms in total. The summed E-state index contributed by atoms with van der Waals surface area (Å²) in [4.78, 5) is 0. The fourth-order valence-electron chi connectivity index (χ4n) is 2.10. The number of aliphatic hydroxyl groups is 1. The average Bonchev–Trinajstić information content (AvgIpc) is 2.61. The van der Waals surface area contributed by atoms with Gasteiger partial charge in [0.1, 0.15) is 12.4 Å². The predicted octanol–water partition coefficient (Wildman–Crippen LogP) is 2.73.